The number of hydrogen-bond acceptors (Lipinski definition) is 19. The van der Waals surface area contributed by atoms with Gasteiger partial charge in [-0.25, -0.2) is 0 Å². The minimum absolute atomic E-state index is 0.0405. The summed E-state index contributed by atoms with van der Waals surface area (Å²) in [4.78, 5) is 242. The van der Waals surface area contributed by atoms with Gasteiger partial charge in [-0.1, -0.05) is 181 Å². The van der Waals surface area contributed by atoms with Crippen LogP contribution in [-0.2, 0) is 115 Å². The maximum absolute atomic E-state index is 15.5. The monoisotopic (exact) mass is 1790 g/mol. The van der Waals surface area contributed by atoms with Gasteiger partial charge in [0, 0.05) is 83.6 Å². The number of nitrogens with zero attached hydrogens (tertiary/aromatic N) is 5. The lowest BCUT2D eigenvalue weighted by atomic mass is 9.98. The van der Waals surface area contributed by atoms with E-state index in [4.69, 9.17) is 5.73 Å². The number of aromatic hydroxyl groups is 2. The molecule has 2 heterocycles. The highest BCUT2D eigenvalue weighted by molar-refractivity contribution is 6.01. The number of H-pyrrole nitrogens is 1. The third-order valence-electron chi connectivity index (χ3n) is 22.4. The Morgan fingerprint density at radius 2 is 0.946 bits per heavy atom. The van der Waals surface area contributed by atoms with Crippen LogP contribution in [-0.4, -0.2) is 274 Å². The molecule has 130 heavy (non-hydrogen) atoms. The SMILES string of the molecule is CCCC[C@H]1C(=O)N(C)CC(=O)NC(CC(=O)O)C(=O)N[C@@H](C(C)C)C(=O)N(C)[C@@H](Cc2ccccc2)C(=O)N[C@@H](Cc2ccc(O)cc2)C(=O)N(C)CC(=O)N[C@@H](Cc2c[nH]c3ccccc23)C(=O)N[C@@H](Cc2ccc(O)cc2)C(=O)N[C@@H](CC(C)C)C(=O)N[C@H](C(=O)NCC(N)=O)CC(=O)NCC(=O)NC(Cc2ccccc2)CN(C)[C@@H](Cc2ccccc2)C(=O)N1C. The van der Waals surface area contributed by atoms with E-state index in [0.717, 1.165) is 20.3 Å². The summed E-state index contributed by atoms with van der Waals surface area (Å²) in [7, 11) is 6.94. The van der Waals surface area contributed by atoms with Crippen LogP contribution in [0, 0.1) is 11.8 Å². The van der Waals surface area contributed by atoms with Crippen LogP contribution in [0.25, 0.3) is 10.9 Å². The van der Waals surface area contributed by atoms with Crippen molar-refractivity contribution >= 4 is 105 Å². The van der Waals surface area contributed by atoms with Crippen molar-refractivity contribution in [1.29, 1.82) is 0 Å². The Hall–Kier alpha value is -14.1. The summed E-state index contributed by atoms with van der Waals surface area (Å²) >= 11 is 0. The van der Waals surface area contributed by atoms with E-state index in [9.17, 15) is 63.3 Å². The first-order valence-electron chi connectivity index (χ1n) is 43.3. The summed E-state index contributed by atoms with van der Waals surface area (Å²) in [5.41, 5.74) is 9.34. The van der Waals surface area contributed by atoms with Gasteiger partial charge in [0.25, 0.3) is 0 Å². The van der Waals surface area contributed by atoms with Crippen molar-refractivity contribution in [1.82, 2.24) is 82.7 Å². The molecule has 15 amide bonds. The highest BCUT2D eigenvalue weighted by atomic mass is 16.4. The van der Waals surface area contributed by atoms with Crippen LogP contribution in [0.5, 0.6) is 11.5 Å². The molecule has 0 saturated carbocycles. The molecule has 6 aromatic carbocycles. The van der Waals surface area contributed by atoms with Crippen LogP contribution in [0.1, 0.15) is 107 Å². The first-order valence-corrected chi connectivity index (χ1v) is 43.3. The van der Waals surface area contributed by atoms with Gasteiger partial charge in [0.15, 0.2) is 0 Å². The number of benzene rings is 6. The topological polar surface area (TPSA) is 512 Å². The Morgan fingerprint density at radius 3 is 1.49 bits per heavy atom. The molecule has 1 aliphatic heterocycles. The van der Waals surface area contributed by atoms with Gasteiger partial charge in [-0.3, -0.25) is 81.6 Å². The van der Waals surface area contributed by atoms with E-state index in [2.05, 4.69) is 58.2 Å². The summed E-state index contributed by atoms with van der Waals surface area (Å²) in [6, 6.07) is 28.6. The fraction of sp³-hybridized carbons (Fsp3) is 0.426. The van der Waals surface area contributed by atoms with Crippen molar-refractivity contribution in [2.24, 2.45) is 17.6 Å². The van der Waals surface area contributed by atoms with Crippen molar-refractivity contribution in [3.63, 3.8) is 0 Å². The normalized spacial score (nSPS) is 22.0. The first-order chi connectivity index (χ1) is 61.8. The van der Waals surface area contributed by atoms with E-state index in [0.29, 0.717) is 51.6 Å². The van der Waals surface area contributed by atoms with Crippen molar-refractivity contribution in [3.8, 4) is 11.5 Å². The molecule has 0 bridgehead atoms. The van der Waals surface area contributed by atoms with Gasteiger partial charge in [0.2, 0.25) is 88.6 Å². The van der Waals surface area contributed by atoms with Crippen LogP contribution in [0.15, 0.2) is 170 Å². The summed E-state index contributed by atoms with van der Waals surface area (Å²) in [5.74, 6) is -16.8. The van der Waals surface area contributed by atoms with Gasteiger partial charge in [-0.2, -0.15) is 0 Å². The standard InChI is InChI=1S/C94H121N17O19/c1-11-12-32-75-92(128)109(8)55-82(118)101-73(49-83(119)120)89(125)106-84(57(4)5)94(130)111(10)76(45-59-26-18-14-19-27-59)90(126)105-74(44-62-35-39-66(113)40-36-62)91(127)108(7)54-81(117)100-71(47-63-50-96-68-31-23-22-30-67(63)68)88(124)103-70(43-61-33-37-65(112)38-34-61)87(123)102-69(41-56(2)3)86(122)104-72(85(121)98-51-78(95)114)48-79(115)97-52-80(116)99-64(42-58-24-16-13-17-25-58)53-107(6)77(93(129)110(75)9)46-60-28-20-15-21-29-60/h13-31,33-40,50,56-57,64,69-77,84,96,112-113H,11-12,32,41-49,51-55H2,1-10H3,(H2,95,114)(H,97,115)(H,98,121)(H,99,116)(H,100,117)(H,101,118)(H,102,123)(H,103,124)(H,104,122)(H,105,126)(H,106,125)(H,119,120)/t64?,69-,70-,71-,72-,73?,74-,75-,76-,77-,84-/m0/s1. The number of carbonyl (C=O) groups excluding carboxylic acids is 15. The Bertz CT molecular complexity index is 5080. The number of nitrogens with one attached hydrogen (secondary N) is 11. The molecule has 16 N–H and O–H groups in total. The van der Waals surface area contributed by atoms with Gasteiger partial charge >= 0.3 is 5.97 Å². The zero-order chi connectivity index (χ0) is 95.0. The average Bonchev–Trinajstić information content (AvgIpc) is 1.76. The second-order valence-corrected chi connectivity index (χ2v) is 33.7. The molecule has 2 unspecified atom stereocenters. The molecule has 36 nitrogen and oxygen atoms in total. The van der Waals surface area contributed by atoms with Gasteiger partial charge in [-0.05, 0) is 108 Å². The molecular weight excluding hydrogens is 1670 g/mol. The molecule has 0 radical (unpaired) electrons. The van der Waals surface area contributed by atoms with Crippen molar-refractivity contribution in [3.05, 3.63) is 203 Å². The third kappa shape index (κ3) is 31.2. The number of unbranched alkanes of at least 4 members (excludes halogenated alkanes) is 1. The quantitative estimate of drug-likeness (QED) is 0.0432. The summed E-state index contributed by atoms with van der Waals surface area (Å²) < 4.78 is 0. The van der Waals surface area contributed by atoms with E-state index in [1.54, 1.807) is 137 Å². The fourth-order valence-electron chi connectivity index (χ4n) is 15.3. The number of carboxylic acid groups (broad SMARTS) is 1. The first kappa shape index (κ1) is 101. The third-order valence-corrected chi connectivity index (χ3v) is 22.4. The molecule has 11 atom stereocenters. The minimum atomic E-state index is -1.89. The second-order valence-electron chi connectivity index (χ2n) is 33.7. The number of aromatic nitrogens is 1. The number of likely N-dealkylation sites (N-methyl/N-ethyl adjacent to an activating group) is 5. The van der Waals surface area contributed by atoms with Crippen molar-refractivity contribution in [2.75, 3.05) is 68.0 Å². The van der Waals surface area contributed by atoms with Crippen molar-refractivity contribution in [2.45, 2.75) is 178 Å². The number of para-hydroxylation sites is 1. The molecule has 8 rings (SSSR count). The van der Waals surface area contributed by atoms with Crippen molar-refractivity contribution < 1.29 is 92.0 Å². The average molecular weight is 1790 g/mol. The number of fused-ring (bicyclic) bond motifs is 1. The number of carbonyl (C=O) groups is 16. The Labute approximate surface area is 755 Å². The number of aliphatic carboxylic acids is 1. The number of amides is 15. The highest BCUT2D eigenvalue weighted by Crippen LogP contribution is 2.24. The van der Waals surface area contributed by atoms with Crippen LogP contribution in [0.4, 0.5) is 0 Å². The van der Waals surface area contributed by atoms with Gasteiger partial charge in [0.1, 0.15) is 65.9 Å². The largest absolute Gasteiger partial charge is 0.508 e. The van der Waals surface area contributed by atoms with Crippen LogP contribution >= 0.6 is 0 Å². The molecule has 1 fully saturated rings. The minimum Gasteiger partial charge on any atom is -0.508 e. The lowest BCUT2D eigenvalue weighted by molar-refractivity contribution is -0.148. The number of nitrogens with two attached hydrogens (primary N) is 1. The molecule has 36 heteroatoms. The van der Waals surface area contributed by atoms with Gasteiger partial charge < -0.3 is 98.8 Å². The molecule has 0 spiro atoms. The zero-order valence-corrected chi connectivity index (χ0v) is 74.9. The molecule has 1 aliphatic rings. The molecule has 0 aliphatic carbocycles. The molecule has 1 aromatic heterocycles. The second kappa shape index (κ2) is 49.3. The summed E-state index contributed by atoms with van der Waals surface area (Å²) in [6.07, 6.45) is -0.193. The van der Waals surface area contributed by atoms with Crippen LogP contribution < -0.4 is 58.9 Å². The Kier molecular flexibility index (Phi) is 38.4. The Morgan fingerprint density at radius 1 is 0.469 bits per heavy atom. The maximum atomic E-state index is 15.5. The molecule has 7 aromatic rings. The number of phenolic OH excluding ortho intramolecular Hbond substituents is 2. The van der Waals surface area contributed by atoms with E-state index in [-0.39, 0.29) is 69.4 Å². The maximum Gasteiger partial charge on any atom is 0.305 e. The number of hydrogen-bond donors (Lipinski definition) is 15. The highest BCUT2D eigenvalue weighted by Gasteiger charge is 2.42. The van der Waals surface area contributed by atoms with Gasteiger partial charge in [-0.15, -0.1) is 0 Å². The summed E-state index contributed by atoms with van der Waals surface area (Å²) in [6.45, 7) is 5.38. The predicted octanol–water partition coefficient (Wildman–Crippen LogP) is 1.57. The Balaban J connectivity index is 1.20. The van der Waals surface area contributed by atoms with E-state index in [1.165, 1.54) is 81.6 Å². The number of phenols is 2. The molecular formula is C94H121N17O19. The fourth-order valence-corrected chi connectivity index (χ4v) is 15.3. The van der Waals surface area contributed by atoms with E-state index in [1.807, 2.05) is 31.2 Å². The van der Waals surface area contributed by atoms with Crippen LogP contribution in [0.3, 0.4) is 0 Å². The molecule has 1 saturated heterocycles. The smallest absolute Gasteiger partial charge is 0.305 e. The number of rotatable bonds is 23. The van der Waals surface area contributed by atoms with Crippen LogP contribution in [0.2, 0.25) is 0 Å². The number of carboxylic acids is 1. The lowest BCUT2D eigenvalue weighted by Gasteiger charge is -2.37. The number of aromatic amines is 1. The van der Waals surface area contributed by atoms with E-state index >= 15 is 28.8 Å². The zero-order valence-electron chi connectivity index (χ0n) is 74.9. The summed E-state index contributed by atoms with van der Waals surface area (Å²) in [5, 5.41) is 58.0. The number of primary amides is 1. The molecule has 696 valence electrons. The predicted molar refractivity (Wildman–Crippen MR) is 482 cm³/mol. The van der Waals surface area contributed by atoms with Gasteiger partial charge in [0.05, 0.1) is 45.1 Å². The van der Waals surface area contributed by atoms with E-state index < -0.39 is 212 Å². The lowest BCUT2D eigenvalue weighted by Crippen LogP contribution is -2.61.